The third kappa shape index (κ3) is 5.64. The zero-order chi connectivity index (χ0) is 18.4. The van der Waals surface area contributed by atoms with E-state index in [-0.39, 0.29) is 18.4 Å². The van der Waals surface area contributed by atoms with Gasteiger partial charge in [0.1, 0.15) is 11.6 Å². The molecule has 2 heterocycles. The number of halogens is 1. The average molecular weight is 410 g/mol. The summed E-state index contributed by atoms with van der Waals surface area (Å²) in [6.07, 6.45) is 2.14. The summed E-state index contributed by atoms with van der Waals surface area (Å²) in [4.78, 5) is 30.3. The number of aryl methyl sites for hydroxylation is 1. The van der Waals surface area contributed by atoms with Gasteiger partial charge in [0.2, 0.25) is 11.8 Å². The van der Waals surface area contributed by atoms with Crippen molar-refractivity contribution in [3.05, 3.63) is 34.6 Å². The largest absolute Gasteiger partial charge is 0.360 e. The molecule has 0 bridgehead atoms. The third-order valence-corrected chi connectivity index (χ3v) is 3.96. The Morgan fingerprint density at radius 2 is 2.08 bits per heavy atom. The SMILES string of the molecule is CCC(C(=O)Nc1cc(C)on1)N(C)CC(=O)Nc1ccc(Br)cn1. The lowest BCUT2D eigenvalue weighted by Gasteiger charge is -2.25. The number of nitrogens with one attached hydrogen (secondary N) is 2. The molecule has 1 atom stereocenters. The number of nitrogens with zero attached hydrogens (tertiary/aromatic N) is 3. The van der Waals surface area contributed by atoms with Gasteiger partial charge in [0, 0.05) is 16.7 Å². The molecule has 1 unspecified atom stereocenters. The number of hydrogen-bond donors (Lipinski definition) is 2. The molecule has 0 fully saturated rings. The molecule has 9 heteroatoms. The number of hydrogen-bond acceptors (Lipinski definition) is 6. The van der Waals surface area contributed by atoms with Crippen LogP contribution < -0.4 is 10.6 Å². The second-order valence-corrected chi connectivity index (χ2v) is 6.48. The Labute approximate surface area is 154 Å². The molecule has 8 nitrogen and oxygen atoms in total. The van der Waals surface area contributed by atoms with Crippen molar-refractivity contribution < 1.29 is 14.1 Å². The molecular formula is C16H20BrN5O3. The Bertz CT molecular complexity index is 732. The number of anilines is 2. The van der Waals surface area contributed by atoms with Crippen LogP contribution in [0.5, 0.6) is 0 Å². The molecule has 2 aromatic rings. The molecule has 2 N–H and O–H groups in total. The van der Waals surface area contributed by atoms with Crippen LogP contribution in [0.15, 0.2) is 33.4 Å². The molecule has 0 spiro atoms. The third-order valence-electron chi connectivity index (χ3n) is 3.49. The van der Waals surface area contributed by atoms with Crippen molar-refractivity contribution in [2.75, 3.05) is 24.2 Å². The minimum atomic E-state index is -0.472. The summed E-state index contributed by atoms with van der Waals surface area (Å²) in [5, 5.41) is 9.13. The lowest BCUT2D eigenvalue weighted by Crippen LogP contribution is -2.44. The van der Waals surface area contributed by atoms with Gasteiger partial charge in [0.05, 0.1) is 12.6 Å². The lowest BCUT2D eigenvalue weighted by atomic mass is 10.2. The van der Waals surface area contributed by atoms with Crippen LogP contribution in [0, 0.1) is 6.92 Å². The second kappa shape index (κ2) is 8.72. The maximum absolute atomic E-state index is 12.4. The van der Waals surface area contributed by atoms with Gasteiger partial charge >= 0.3 is 0 Å². The maximum atomic E-state index is 12.4. The van der Waals surface area contributed by atoms with Gasteiger partial charge in [-0.15, -0.1) is 0 Å². The lowest BCUT2D eigenvalue weighted by molar-refractivity contribution is -0.123. The minimum Gasteiger partial charge on any atom is -0.360 e. The fraction of sp³-hybridized carbons (Fsp3) is 0.375. The summed E-state index contributed by atoms with van der Waals surface area (Å²) in [5.41, 5.74) is 0. The molecule has 0 aliphatic carbocycles. The van der Waals surface area contributed by atoms with Crippen molar-refractivity contribution >= 4 is 39.4 Å². The van der Waals surface area contributed by atoms with Gasteiger partial charge in [0.15, 0.2) is 5.82 Å². The van der Waals surface area contributed by atoms with Gasteiger partial charge in [-0.2, -0.15) is 0 Å². The van der Waals surface area contributed by atoms with E-state index >= 15 is 0 Å². The molecule has 2 rings (SSSR count). The molecular weight excluding hydrogens is 390 g/mol. The monoisotopic (exact) mass is 409 g/mol. The zero-order valence-corrected chi connectivity index (χ0v) is 15.8. The van der Waals surface area contributed by atoms with Gasteiger partial charge < -0.3 is 15.2 Å². The first-order chi connectivity index (χ1) is 11.9. The fourth-order valence-corrected chi connectivity index (χ4v) is 2.54. The standard InChI is InChI=1S/C16H20BrN5O3/c1-4-12(16(24)20-14-7-10(2)25-21-14)22(3)9-15(23)19-13-6-5-11(17)8-18-13/h5-8,12H,4,9H2,1-3H3,(H,18,19,23)(H,20,21,24). The number of carbonyl (C=O) groups is 2. The van der Waals surface area contributed by atoms with E-state index in [0.717, 1.165) is 4.47 Å². The Hall–Kier alpha value is -2.26. The molecule has 2 amide bonds. The summed E-state index contributed by atoms with van der Waals surface area (Å²) >= 11 is 3.29. The summed E-state index contributed by atoms with van der Waals surface area (Å²) in [7, 11) is 1.72. The Morgan fingerprint density at radius 3 is 2.64 bits per heavy atom. The molecule has 2 aromatic heterocycles. The predicted octanol–water partition coefficient (Wildman–Crippen LogP) is 2.43. The van der Waals surface area contributed by atoms with E-state index in [4.69, 9.17) is 4.52 Å². The molecule has 0 saturated heterocycles. The van der Waals surface area contributed by atoms with E-state index < -0.39 is 6.04 Å². The number of pyridine rings is 1. The highest BCUT2D eigenvalue weighted by Gasteiger charge is 2.24. The Balaban J connectivity index is 1.91. The summed E-state index contributed by atoms with van der Waals surface area (Å²) in [6.45, 7) is 3.68. The highest BCUT2D eigenvalue weighted by atomic mass is 79.9. The van der Waals surface area contributed by atoms with Gasteiger partial charge in [-0.3, -0.25) is 14.5 Å². The van der Waals surface area contributed by atoms with Crippen molar-refractivity contribution in [2.45, 2.75) is 26.3 Å². The van der Waals surface area contributed by atoms with Crippen LogP contribution in [0.1, 0.15) is 19.1 Å². The van der Waals surface area contributed by atoms with Crippen LogP contribution in [-0.4, -0.2) is 46.5 Å². The summed E-state index contributed by atoms with van der Waals surface area (Å²) in [5.74, 6) is 0.932. The van der Waals surface area contributed by atoms with Gasteiger partial charge in [-0.25, -0.2) is 4.98 Å². The van der Waals surface area contributed by atoms with E-state index in [1.807, 2.05) is 6.92 Å². The number of aromatic nitrogens is 2. The van der Waals surface area contributed by atoms with Crippen LogP contribution in [0.4, 0.5) is 11.6 Å². The van der Waals surface area contributed by atoms with Crippen molar-refractivity contribution in [3.8, 4) is 0 Å². The molecule has 0 aliphatic heterocycles. The van der Waals surface area contributed by atoms with E-state index in [0.29, 0.717) is 23.8 Å². The van der Waals surface area contributed by atoms with Crippen LogP contribution in [0.25, 0.3) is 0 Å². The van der Waals surface area contributed by atoms with E-state index in [9.17, 15) is 9.59 Å². The van der Waals surface area contributed by atoms with Crippen LogP contribution in [0.2, 0.25) is 0 Å². The molecule has 134 valence electrons. The van der Waals surface area contributed by atoms with Gasteiger partial charge in [-0.1, -0.05) is 12.1 Å². The summed E-state index contributed by atoms with van der Waals surface area (Å²) in [6, 6.07) is 4.64. The van der Waals surface area contributed by atoms with Crippen molar-refractivity contribution in [2.24, 2.45) is 0 Å². The highest BCUT2D eigenvalue weighted by Crippen LogP contribution is 2.12. The van der Waals surface area contributed by atoms with Crippen LogP contribution in [-0.2, 0) is 9.59 Å². The van der Waals surface area contributed by atoms with Crippen molar-refractivity contribution in [1.82, 2.24) is 15.0 Å². The molecule has 0 aromatic carbocycles. The number of likely N-dealkylation sites (N-methyl/N-ethyl adjacent to an activating group) is 1. The van der Waals surface area contributed by atoms with Gasteiger partial charge in [0.25, 0.3) is 0 Å². The highest BCUT2D eigenvalue weighted by molar-refractivity contribution is 9.10. The zero-order valence-electron chi connectivity index (χ0n) is 14.2. The minimum absolute atomic E-state index is 0.0571. The molecule has 0 aliphatic rings. The normalized spacial score (nSPS) is 12.0. The average Bonchev–Trinajstić information content (AvgIpc) is 2.95. The van der Waals surface area contributed by atoms with E-state index in [2.05, 4.69) is 36.7 Å². The topological polar surface area (TPSA) is 100 Å². The fourth-order valence-electron chi connectivity index (χ4n) is 2.30. The smallest absolute Gasteiger partial charge is 0.242 e. The van der Waals surface area contributed by atoms with Crippen molar-refractivity contribution in [3.63, 3.8) is 0 Å². The molecule has 0 saturated carbocycles. The number of rotatable bonds is 7. The van der Waals surface area contributed by atoms with E-state index in [1.54, 1.807) is 43.3 Å². The first-order valence-corrected chi connectivity index (χ1v) is 8.54. The van der Waals surface area contributed by atoms with Crippen molar-refractivity contribution in [1.29, 1.82) is 0 Å². The first-order valence-electron chi connectivity index (χ1n) is 7.75. The van der Waals surface area contributed by atoms with Crippen LogP contribution >= 0.6 is 15.9 Å². The maximum Gasteiger partial charge on any atom is 0.242 e. The number of amides is 2. The Morgan fingerprint density at radius 1 is 1.32 bits per heavy atom. The molecule has 25 heavy (non-hydrogen) atoms. The summed E-state index contributed by atoms with van der Waals surface area (Å²) < 4.78 is 5.75. The quantitative estimate of drug-likeness (QED) is 0.727. The second-order valence-electron chi connectivity index (χ2n) is 5.56. The van der Waals surface area contributed by atoms with Crippen LogP contribution in [0.3, 0.4) is 0 Å². The predicted molar refractivity (Wildman–Crippen MR) is 97.1 cm³/mol. The van der Waals surface area contributed by atoms with Gasteiger partial charge in [-0.05, 0) is 48.5 Å². The van der Waals surface area contributed by atoms with E-state index in [1.165, 1.54) is 0 Å². The number of carbonyl (C=O) groups excluding carboxylic acids is 2. The Kier molecular flexibility index (Phi) is 6.65. The molecule has 0 radical (unpaired) electrons. The first kappa shape index (κ1) is 19.1.